The third-order valence-corrected chi connectivity index (χ3v) is 2.00. The molecule has 0 saturated carbocycles. The molecule has 0 heterocycles. The van der Waals surface area contributed by atoms with E-state index in [1.54, 1.807) is 12.1 Å². The topological polar surface area (TPSA) is 38.3 Å². The van der Waals surface area contributed by atoms with E-state index in [9.17, 15) is 9.18 Å². The molecule has 0 radical (unpaired) electrons. The van der Waals surface area contributed by atoms with E-state index in [0.29, 0.717) is 19.8 Å². The summed E-state index contributed by atoms with van der Waals surface area (Å²) in [6, 6.07) is 5.86. The molecule has 0 aliphatic rings. The summed E-state index contributed by atoms with van der Waals surface area (Å²) >= 11 is 0. The highest BCUT2D eigenvalue weighted by Gasteiger charge is 2.09. The predicted octanol–water partition coefficient (Wildman–Crippen LogP) is 2.15. The van der Waals surface area contributed by atoms with Crippen LogP contribution in [0.15, 0.2) is 36.4 Å². The number of ether oxygens (including phenoxy) is 1. The molecule has 17 heavy (non-hydrogen) atoms. The van der Waals surface area contributed by atoms with Crippen molar-refractivity contribution in [1.82, 2.24) is 5.32 Å². The van der Waals surface area contributed by atoms with Crippen molar-refractivity contribution in [3.63, 3.8) is 0 Å². The molecule has 1 rings (SSSR count). The fourth-order valence-corrected chi connectivity index (χ4v) is 1.22. The molecule has 3 nitrogen and oxygen atoms in total. The third-order valence-electron chi connectivity index (χ3n) is 2.00. The molecule has 0 aliphatic heterocycles. The average molecular weight is 237 g/mol. The van der Waals surface area contributed by atoms with Crippen LogP contribution in [-0.4, -0.2) is 25.7 Å². The Morgan fingerprint density at radius 1 is 1.47 bits per heavy atom. The van der Waals surface area contributed by atoms with Crippen LogP contribution in [-0.2, 0) is 4.74 Å². The lowest BCUT2D eigenvalue weighted by atomic mass is 10.2. The third kappa shape index (κ3) is 4.78. The zero-order chi connectivity index (χ0) is 12.7. The van der Waals surface area contributed by atoms with Gasteiger partial charge in [0.1, 0.15) is 5.82 Å². The van der Waals surface area contributed by atoms with Gasteiger partial charge in [0.15, 0.2) is 0 Å². The quantitative estimate of drug-likeness (QED) is 0.608. The van der Waals surface area contributed by atoms with Gasteiger partial charge >= 0.3 is 0 Å². The fourth-order valence-electron chi connectivity index (χ4n) is 1.22. The van der Waals surface area contributed by atoms with Crippen molar-refractivity contribution < 1.29 is 13.9 Å². The first-order valence-electron chi connectivity index (χ1n) is 5.36. The average Bonchev–Trinajstić information content (AvgIpc) is 2.28. The summed E-state index contributed by atoms with van der Waals surface area (Å²) in [4.78, 5) is 11.5. The van der Waals surface area contributed by atoms with E-state index in [1.807, 2.05) is 6.92 Å². The minimum absolute atomic E-state index is 0.0485. The Bertz CT molecular complexity index is 404. The monoisotopic (exact) mass is 237 g/mol. The summed E-state index contributed by atoms with van der Waals surface area (Å²) in [5.41, 5.74) is 0.970. The van der Waals surface area contributed by atoms with Gasteiger partial charge in [-0.15, -0.1) is 0 Å². The van der Waals surface area contributed by atoms with Gasteiger partial charge in [0.05, 0.1) is 18.8 Å². The van der Waals surface area contributed by atoms with Crippen molar-refractivity contribution >= 4 is 5.91 Å². The summed E-state index contributed by atoms with van der Waals surface area (Å²) in [6.07, 6.45) is 0. The highest BCUT2D eigenvalue weighted by Crippen LogP contribution is 2.05. The van der Waals surface area contributed by atoms with E-state index in [2.05, 4.69) is 11.9 Å². The maximum Gasteiger partial charge on any atom is 0.254 e. The highest BCUT2D eigenvalue weighted by molar-refractivity contribution is 5.94. The van der Waals surface area contributed by atoms with Gasteiger partial charge in [0.25, 0.3) is 5.91 Å². The van der Waals surface area contributed by atoms with Gasteiger partial charge in [0.2, 0.25) is 0 Å². The standard InChI is InChI=1S/C13H16FNO2/c1-10(2)9-17-8-7-15-13(16)11-5-3-4-6-12(11)14/h3-6H,1,7-9H2,2H3,(H,15,16). The first kappa shape index (κ1) is 13.4. The van der Waals surface area contributed by atoms with Crippen LogP contribution < -0.4 is 5.32 Å². The van der Waals surface area contributed by atoms with Gasteiger partial charge in [-0.3, -0.25) is 4.79 Å². The predicted molar refractivity (Wildman–Crippen MR) is 64.4 cm³/mol. The Morgan fingerprint density at radius 2 is 2.18 bits per heavy atom. The van der Waals surface area contributed by atoms with Crippen molar-refractivity contribution in [2.24, 2.45) is 0 Å². The maximum atomic E-state index is 13.2. The second-order valence-corrected chi connectivity index (χ2v) is 3.75. The first-order chi connectivity index (χ1) is 8.11. The van der Waals surface area contributed by atoms with Gasteiger partial charge < -0.3 is 10.1 Å². The van der Waals surface area contributed by atoms with Crippen molar-refractivity contribution in [2.45, 2.75) is 6.92 Å². The number of hydrogen-bond donors (Lipinski definition) is 1. The van der Waals surface area contributed by atoms with Crippen LogP contribution in [0.1, 0.15) is 17.3 Å². The molecule has 4 heteroatoms. The van der Waals surface area contributed by atoms with E-state index in [-0.39, 0.29) is 5.56 Å². The van der Waals surface area contributed by atoms with E-state index < -0.39 is 11.7 Å². The number of hydrogen-bond acceptors (Lipinski definition) is 2. The molecule has 0 saturated heterocycles. The fraction of sp³-hybridized carbons (Fsp3) is 0.308. The lowest BCUT2D eigenvalue weighted by Crippen LogP contribution is -2.28. The SMILES string of the molecule is C=C(C)COCCNC(=O)c1ccccc1F. The Labute approximate surface area is 100 Å². The second kappa shape index (κ2) is 6.81. The molecule has 1 amide bonds. The van der Waals surface area contributed by atoms with Crippen LogP contribution in [0.3, 0.4) is 0 Å². The molecule has 0 aliphatic carbocycles. The molecule has 0 bridgehead atoms. The summed E-state index contributed by atoms with van der Waals surface area (Å²) < 4.78 is 18.4. The maximum absolute atomic E-state index is 13.2. The van der Waals surface area contributed by atoms with Crippen LogP contribution >= 0.6 is 0 Å². The second-order valence-electron chi connectivity index (χ2n) is 3.75. The molecular weight excluding hydrogens is 221 g/mol. The molecule has 92 valence electrons. The number of benzene rings is 1. The number of carbonyl (C=O) groups is 1. The van der Waals surface area contributed by atoms with Crippen LogP contribution in [0.5, 0.6) is 0 Å². The van der Waals surface area contributed by atoms with Gasteiger partial charge in [0, 0.05) is 6.54 Å². The lowest BCUT2D eigenvalue weighted by molar-refractivity contribution is 0.0923. The molecule has 1 N–H and O–H groups in total. The molecule has 0 spiro atoms. The molecular formula is C13H16FNO2. The van der Waals surface area contributed by atoms with E-state index in [4.69, 9.17) is 4.74 Å². The molecule has 0 aromatic heterocycles. The summed E-state index contributed by atoms with van der Waals surface area (Å²) in [5, 5.41) is 2.58. The smallest absolute Gasteiger partial charge is 0.254 e. The van der Waals surface area contributed by atoms with Gasteiger partial charge in [-0.1, -0.05) is 24.3 Å². The molecule has 0 fully saturated rings. The molecule has 0 atom stereocenters. The Kier molecular flexibility index (Phi) is 5.36. The van der Waals surface area contributed by atoms with Gasteiger partial charge in [-0.05, 0) is 19.1 Å². The van der Waals surface area contributed by atoms with Gasteiger partial charge in [-0.25, -0.2) is 4.39 Å². The number of halogens is 1. The summed E-state index contributed by atoms with van der Waals surface area (Å²) in [5.74, 6) is -0.949. The zero-order valence-corrected chi connectivity index (χ0v) is 9.83. The van der Waals surface area contributed by atoms with Crippen molar-refractivity contribution in [2.75, 3.05) is 19.8 Å². The summed E-state index contributed by atoms with van der Waals surface area (Å²) in [6.45, 7) is 6.74. The van der Waals surface area contributed by atoms with E-state index >= 15 is 0 Å². The number of nitrogens with one attached hydrogen (secondary N) is 1. The van der Waals surface area contributed by atoms with Crippen LogP contribution in [0, 0.1) is 5.82 Å². The largest absolute Gasteiger partial charge is 0.375 e. The first-order valence-corrected chi connectivity index (χ1v) is 5.36. The zero-order valence-electron chi connectivity index (χ0n) is 9.83. The molecule has 1 aromatic rings. The minimum atomic E-state index is -0.521. The Balaban J connectivity index is 2.31. The number of carbonyl (C=O) groups excluding carboxylic acids is 1. The number of rotatable bonds is 6. The van der Waals surface area contributed by atoms with Gasteiger partial charge in [-0.2, -0.15) is 0 Å². The van der Waals surface area contributed by atoms with Crippen molar-refractivity contribution in [1.29, 1.82) is 0 Å². The van der Waals surface area contributed by atoms with Crippen LogP contribution in [0.4, 0.5) is 4.39 Å². The lowest BCUT2D eigenvalue weighted by Gasteiger charge is -2.06. The van der Waals surface area contributed by atoms with E-state index in [0.717, 1.165) is 5.57 Å². The van der Waals surface area contributed by atoms with Crippen LogP contribution in [0.2, 0.25) is 0 Å². The number of amides is 1. The van der Waals surface area contributed by atoms with Crippen molar-refractivity contribution in [3.8, 4) is 0 Å². The Hall–Kier alpha value is -1.68. The highest BCUT2D eigenvalue weighted by atomic mass is 19.1. The Morgan fingerprint density at radius 3 is 2.82 bits per heavy atom. The van der Waals surface area contributed by atoms with E-state index in [1.165, 1.54) is 12.1 Å². The van der Waals surface area contributed by atoms with Crippen molar-refractivity contribution in [3.05, 3.63) is 47.8 Å². The van der Waals surface area contributed by atoms with Crippen LogP contribution in [0.25, 0.3) is 0 Å². The molecule has 0 unspecified atom stereocenters. The summed E-state index contributed by atoms with van der Waals surface area (Å²) in [7, 11) is 0. The minimum Gasteiger partial charge on any atom is -0.375 e. The molecule has 1 aromatic carbocycles. The normalized spacial score (nSPS) is 10.0.